The summed E-state index contributed by atoms with van der Waals surface area (Å²) in [5.74, 6) is -1.92. The van der Waals surface area contributed by atoms with Gasteiger partial charge in [-0.1, -0.05) is 15.9 Å². The van der Waals surface area contributed by atoms with Gasteiger partial charge in [0.1, 0.15) is 17.5 Å². The van der Waals surface area contributed by atoms with Crippen molar-refractivity contribution in [3.05, 3.63) is 63.9 Å². The van der Waals surface area contributed by atoms with Gasteiger partial charge in [0, 0.05) is 22.6 Å². The van der Waals surface area contributed by atoms with Crippen LogP contribution in [0.3, 0.4) is 0 Å². The third-order valence-corrected chi connectivity index (χ3v) is 3.12. The highest BCUT2D eigenvalue weighted by molar-refractivity contribution is 9.10. The second kappa shape index (κ2) is 6.62. The Labute approximate surface area is 127 Å². The quantitative estimate of drug-likeness (QED) is 0.848. The van der Waals surface area contributed by atoms with Crippen LogP contribution in [-0.4, -0.2) is 6.03 Å². The monoisotopic (exact) mass is 358 g/mol. The third kappa shape index (κ3) is 4.22. The van der Waals surface area contributed by atoms with E-state index < -0.39 is 23.5 Å². The van der Waals surface area contributed by atoms with Gasteiger partial charge >= 0.3 is 6.03 Å². The van der Waals surface area contributed by atoms with E-state index >= 15 is 0 Å². The summed E-state index contributed by atoms with van der Waals surface area (Å²) in [6.45, 7) is -0.0892. The maximum atomic E-state index is 13.5. The number of benzene rings is 2. The molecule has 0 saturated carbocycles. The molecule has 2 N–H and O–H groups in total. The van der Waals surface area contributed by atoms with Crippen LogP contribution >= 0.6 is 15.9 Å². The highest BCUT2D eigenvalue weighted by Gasteiger charge is 2.09. The minimum atomic E-state index is -0.765. The van der Waals surface area contributed by atoms with E-state index in [2.05, 4.69) is 26.6 Å². The lowest BCUT2D eigenvalue weighted by Gasteiger charge is -2.09. The fourth-order valence-corrected chi connectivity index (χ4v) is 2.02. The maximum absolute atomic E-state index is 13.5. The molecule has 3 nitrogen and oxygen atoms in total. The summed E-state index contributed by atoms with van der Waals surface area (Å²) in [6.07, 6.45) is 0. The number of nitrogens with one attached hydrogen (secondary N) is 2. The molecule has 0 heterocycles. The molecule has 2 amide bonds. The first-order chi connectivity index (χ1) is 9.95. The maximum Gasteiger partial charge on any atom is 0.319 e. The largest absolute Gasteiger partial charge is 0.334 e. The van der Waals surface area contributed by atoms with Gasteiger partial charge < -0.3 is 10.6 Å². The topological polar surface area (TPSA) is 41.1 Å². The number of carbonyl (C=O) groups is 1. The summed E-state index contributed by atoms with van der Waals surface area (Å²) in [4.78, 5) is 11.6. The lowest BCUT2D eigenvalue weighted by atomic mass is 10.2. The molecule has 0 aliphatic carbocycles. The van der Waals surface area contributed by atoms with Crippen LogP contribution < -0.4 is 10.6 Å². The van der Waals surface area contributed by atoms with Crippen LogP contribution in [0.25, 0.3) is 0 Å². The molecular weight excluding hydrogens is 349 g/mol. The Morgan fingerprint density at radius 2 is 1.76 bits per heavy atom. The van der Waals surface area contributed by atoms with Gasteiger partial charge in [-0.15, -0.1) is 0 Å². The number of amides is 2. The van der Waals surface area contributed by atoms with Crippen molar-refractivity contribution in [3.63, 3.8) is 0 Å². The minimum absolute atomic E-state index is 0.0892. The van der Waals surface area contributed by atoms with Gasteiger partial charge in [-0.3, -0.25) is 0 Å². The van der Waals surface area contributed by atoms with Gasteiger partial charge in [0.2, 0.25) is 0 Å². The number of carbonyl (C=O) groups excluding carboxylic acids is 1. The van der Waals surface area contributed by atoms with Crippen molar-refractivity contribution < 1.29 is 18.0 Å². The van der Waals surface area contributed by atoms with Crippen molar-refractivity contribution in [3.8, 4) is 0 Å². The molecule has 0 spiro atoms. The summed E-state index contributed by atoms with van der Waals surface area (Å²) >= 11 is 3.19. The van der Waals surface area contributed by atoms with Crippen molar-refractivity contribution in [2.75, 3.05) is 5.32 Å². The second-order valence-corrected chi connectivity index (χ2v) is 5.08. The first-order valence-corrected chi connectivity index (χ1v) is 6.69. The summed E-state index contributed by atoms with van der Waals surface area (Å²) < 4.78 is 40.4. The van der Waals surface area contributed by atoms with Gasteiger partial charge in [0.15, 0.2) is 0 Å². The Kier molecular flexibility index (Phi) is 4.85. The summed E-state index contributed by atoms with van der Waals surface area (Å²) in [5.41, 5.74) is -0.0264. The lowest BCUT2D eigenvalue weighted by Crippen LogP contribution is -2.29. The van der Waals surface area contributed by atoms with Crippen LogP contribution in [-0.2, 0) is 6.54 Å². The van der Waals surface area contributed by atoms with Gasteiger partial charge in [0.05, 0.1) is 5.69 Å². The molecule has 0 fully saturated rings. The molecule has 0 saturated heterocycles. The minimum Gasteiger partial charge on any atom is -0.334 e. The fourth-order valence-electron chi connectivity index (χ4n) is 1.61. The highest BCUT2D eigenvalue weighted by atomic mass is 79.9. The summed E-state index contributed by atoms with van der Waals surface area (Å²) in [6, 6.07) is 6.23. The Morgan fingerprint density at radius 1 is 1.05 bits per heavy atom. The van der Waals surface area contributed by atoms with E-state index in [1.807, 2.05) is 0 Å². The average Bonchev–Trinajstić information content (AvgIpc) is 2.44. The zero-order chi connectivity index (χ0) is 15.4. The van der Waals surface area contributed by atoms with Gasteiger partial charge in [0.25, 0.3) is 0 Å². The molecule has 0 aromatic heterocycles. The van der Waals surface area contributed by atoms with E-state index in [0.717, 1.165) is 18.2 Å². The Hall–Kier alpha value is -2.02. The van der Waals surface area contributed by atoms with Crippen LogP contribution in [0.2, 0.25) is 0 Å². The van der Waals surface area contributed by atoms with Crippen LogP contribution in [0.5, 0.6) is 0 Å². The van der Waals surface area contributed by atoms with Crippen LogP contribution in [0, 0.1) is 17.5 Å². The van der Waals surface area contributed by atoms with E-state index in [9.17, 15) is 18.0 Å². The standard InChI is InChI=1S/C14H10BrF3N2O/c15-9-1-3-11(17)8(5-9)7-19-14(21)20-13-6-10(16)2-4-12(13)18/h1-6H,7H2,(H2,19,20,21). The molecule has 0 radical (unpaired) electrons. The zero-order valence-electron chi connectivity index (χ0n) is 10.6. The SMILES string of the molecule is O=C(NCc1cc(Br)ccc1F)Nc1cc(F)ccc1F. The van der Waals surface area contributed by atoms with Crippen LogP contribution in [0.4, 0.5) is 23.7 Å². The molecule has 0 atom stereocenters. The van der Waals surface area contributed by atoms with Gasteiger partial charge in [-0.05, 0) is 30.3 Å². The highest BCUT2D eigenvalue weighted by Crippen LogP contribution is 2.16. The van der Waals surface area contributed by atoms with Gasteiger partial charge in [-0.2, -0.15) is 0 Å². The molecule has 0 bridgehead atoms. The molecule has 110 valence electrons. The molecule has 7 heteroatoms. The lowest BCUT2D eigenvalue weighted by molar-refractivity contribution is 0.251. The van der Waals surface area contributed by atoms with Crippen LogP contribution in [0.15, 0.2) is 40.9 Å². The normalized spacial score (nSPS) is 10.3. The first-order valence-electron chi connectivity index (χ1n) is 5.89. The molecule has 0 unspecified atom stereocenters. The number of anilines is 1. The molecule has 0 aliphatic heterocycles. The molecule has 2 aromatic rings. The van der Waals surface area contributed by atoms with Crippen LogP contribution in [0.1, 0.15) is 5.56 Å². The van der Waals surface area contributed by atoms with Crippen molar-refractivity contribution in [2.24, 2.45) is 0 Å². The van der Waals surface area contributed by atoms with E-state index in [1.165, 1.54) is 18.2 Å². The van der Waals surface area contributed by atoms with Crippen molar-refractivity contribution in [1.82, 2.24) is 5.32 Å². The number of urea groups is 1. The molecule has 2 aromatic carbocycles. The first kappa shape index (κ1) is 15.4. The molecule has 21 heavy (non-hydrogen) atoms. The molecular formula is C14H10BrF3N2O. The van der Waals surface area contributed by atoms with E-state index in [-0.39, 0.29) is 17.8 Å². The average molecular weight is 359 g/mol. The number of hydrogen-bond donors (Lipinski definition) is 2. The third-order valence-electron chi connectivity index (χ3n) is 2.62. The number of rotatable bonds is 3. The predicted octanol–water partition coefficient (Wildman–Crippen LogP) is 4.19. The summed E-state index contributed by atoms with van der Waals surface area (Å²) in [7, 11) is 0. The Bertz CT molecular complexity index is 679. The van der Waals surface area contributed by atoms with Gasteiger partial charge in [-0.25, -0.2) is 18.0 Å². The number of halogens is 4. The molecule has 2 rings (SSSR count). The van der Waals surface area contributed by atoms with E-state index in [1.54, 1.807) is 0 Å². The van der Waals surface area contributed by atoms with Crippen molar-refractivity contribution >= 4 is 27.6 Å². The van der Waals surface area contributed by atoms with Crippen molar-refractivity contribution in [2.45, 2.75) is 6.54 Å². The second-order valence-electron chi connectivity index (χ2n) is 4.17. The molecule has 0 aliphatic rings. The number of hydrogen-bond acceptors (Lipinski definition) is 1. The van der Waals surface area contributed by atoms with E-state index in [0.29, 0.717) is 4.47 Å². The zero-order valence-corrected chi connectivity index (χ0v) is 12.2. The van der Waals surface area contributed by atoms with E-state index in [4.69, 9.17) is 0 Å². The summed E-state index contributed by atoms with van der Waals surface area (Å²) in [5, 5.41) is 4.52. The smallest absolute Gasteiger partial charge is 0.319 e. The predicted molar refractivity (Wildman–Crippen MR) is 76.3 cm³/mol. The van der Waals surface area contributed by atoms with Crippen molar-refractivity contribution in [1.29, 1.82) is 0 Å². The Balaban J connectivity index is 1.99. The fraction of sp³-hybridized carbons (Fsp3) is 0.0714. The Morgan fingerprint density at radius 3 is 2.52 bits per heavy atom.